The van der Waals surface area contributed by atoms with Crippen molar-refractivity contribution in [3.05, 3.63) is 0 Å². The van der Waals surface area contributed by atoms with Gasteiger partial charge in [-0.1, -0.05) is 0 Å². The van der Waals surface area contributed by atoms with Gasteiger partial charge in [-0.3, -0.25) is 0 Å². The Balaban J connectivity index is 3.08. The molecule has 1 saturated carbocycles. The van der Waals surface area contributed by atoms with Crippen molar-refractivity contribution in [2.45, 2.75) is 36.5 Å². The molecule has 1 aliphatic rings. The molecular formula is C8H18N6O4. The van der Waals surface area contributed by atoms with E-state index in [0.29, 0.717) is 0 Å². The lowest BCUT2D eigenvalue weighted by Gasteiger charge is -2.40. The minimum Gasteiger partial charge on any atom is -0.388 e. The molecule has 104 valence electrons. The third-order valence-electron chi connectivity index (χ3n) is 2.70. The van der Waals surface area contributed by atoms with Crippen molar-refractivity contribution in [2.24, 2.45) is 32.9 Å². The number of aliphatic imine (C=N–C) groups is 2. The average Bonchev–Trinajstić information content (AvgIpc) is 2.27. The number of hydrogen-bond donors (Lipinski definition) is 8. The van der Waals surface area contributed by atoms with E-state index < -0.39 is 36.5 Å². The first-order valence-electron chi connectivity index (χ1n) is 5.15. The molecule has 0 aliphatic heterocycles. The fourth-order valence-corrected chi connectivity index (χ4v) is 1.86. The molecule has 3 unspecified atom stereocenters. The molecule has 0 aromatic carbocycles. The Morgan fingerprint density at radius 2 is 0.944 bits per heavy atom. The molecule has 12 N–H and O–H groups in total. The van der Waals surface area contributed by atoms with Crippen LogP contribution in [-0.2, 0) is 0 Å². The lowest BCUT2D eigenvalue weighted by atomic mass is 9.82. The number of hydrogen-bond acceptors (Lipinski definition) is 6. The predicted molar refractivity (Wildman–Crippen MR) is 63.2 cm³/mol. The highest BCUT2D eigenvalue weighted by atomic mass is 16.4. The van der Waals surface area contributed by atoms with Crippen LogP contribution in [0.1, 0.15) is 0 Å². The second-order valence-electron chi connectivity index (χ2n) is 4.05. The summed E-state index contributed by atoms with van der Waals surface area (Å²) in [5.74, 6) is -0.768. The zero-order valence-corrected chi connectivity index (χ0v) is 9.46. The quantitative estimate of drug-likeness (QED) is 0.177. The molecule has 0 aromatic rings. The molecular weight excluding hydrogens is 244 g/mol. The van der Waals surface area contributed by atoms with E-state index in [1.165, 1.54) is 0 Å². The summed E-state index contributed by atoms with van der Waals surface area (Å²) in [5, 5.41) is 38.9. The molecule has 18 heavy (non-hydrogen) atoms. The van der Waals surface area contributed by atoms with E-state index in [1.54, 1.807) is 0 Å². The Bertz CT molecular complexity index is 321. The van der Waals surface area contributed by atoms with Gasteiger partial charge < -0.3 is 43.4 Å². The lowest BCUT2D eigenvalue weighted by Crippen LogP contribution is -2.63. The highest BCUT2D eigenvalue weighted by molar-refractivity contribution is 5.76. The van der Waals surface area contributed by atoms with Crippen molar-refractivity contribution in [1.29, 1.82) is 0 Å². The topological polar surface area (TPSA) is 210 Å². The highest BCUT2D eigenvalue weighted by Crippen LogP contribution is 2.25. The van der Waals surface area contributed by atoms with Crippen LogP contribution in [0.3, 0.4) is 0 Å². The molecule has 0 spiro atoms. The van der Waals surface area contributed by atoms with E-state index in [4.69, 9.17) is 22.9 Å². The van der Waals surface area contributed by atoms with Crippen LogP contribution in [-0.4, -0.2) is 68.8 Å². The third kappa shape index (κ3) is 2.79. The smallest absolute Gasteiger partial charge is 0.186 e. The minimum absolute atomic E-state index is 0.384. The van der Waals surface area contributed by atoms with E-state index in [0.717, 1.165) is 0 Å². The molecule has 0 aromatic heterocycles. The summed E-state index contributed by atoms with van der Waals surface area (Å²) < 4.78 is 0. The maximum Gasteiger partial charge on any atom is 0.186 e. The summed E-state index contributed by atoms with van der Waals surface area (Å²) in [6.45, 7) is 0. The van der Waals surface area contributed by atoms with Gasteiger partial charge in [0.2, 0.25) is 0 Å². The standard InChI is InChI=1S/C8H18N6O4/c9-7(10)13-1-3(15)2(14-8(11)12)5(17)6(18)4(1)16/h1-6,15-18H,(H4,9,10,13)(H4,11,12,14)/t1-,2?,3?,4+,5-,6?/m0/s1. The maximum absolute atomic E-state index is 9.92. The van der Waals surface area contributed by atoms with Gasteiger partial charge in [-0.25, -0.2) is 9.98 Å². The van der Waals surface area contributed by atoms with Crippen molar-refractivity contribution >= 4 is 11.9 Å². The summed E-state index contributed by atoms with van der Waals surface area (Å²) in [4.78, 5) is 7.18. The van der Waals surface area contributed by atoms with Crippen LogP contribution in [0.4, 0.5) is 0 Å². The summed E-state index contributed by atoms with van der Waals surface area (Å²) in [6.07, 6.45) is -6.11. The van der Waals surface area contributed by atoms with Crippen LogP contribution >= 0.6 is 0 Å². The van der Waals surface area contributed by atoms with Gasteiger partial charge in [0.1, 0.15) is 36.5 Å². The Morgan fingerprint density at radius 3 is 1.22 bits per heavy atom. The van der Waals surface area contributed by atoms with Gasteiger partial charge in [-0.2, -0.15) is 0 Å². The molecule has 1 aliphatic carbocycles. The molecule has 0 radical (unpaired) electrons. The normalized spacial score (nSPS) is 40.0. The fourth-order valence-electron chi connectivity index (χ4n) is 1.86. The second kappa shape index (κ2) is 5.35. The molecule has 0 amide bonds. The summed E-state index contributed by atoms with van der Waals surface area (Å²) in [7, 11) is 0. The van der Waals surface area contributed by atoms with Gasteiger partial charge in [0.15, 0.2) is 11.9 Å². The van der Waals surface area contributed by atoms with Crippen LogP contribution in [0.5, 0.6) is 0 Å². The Labute approximate surface area is 103 Å². The Kier molecular flexibility index (Phi) is 4.29. The van der Waals surface area contributed by atoms with E-state index in [-0.39, 0.29) is 11.9 Å². The zero-order valence-electron chi connectivity index (χ0n) is 9.46. The molecule has 0 heterocycles. The number of aliphatic hydroxyl groups is 4. The summed E-state index contributed by atoms with van der Waals surface area (Å²) in [5.41, 5.74) is 20.6. The maximum atomic E-state index is 9.92. The molecule has 1 fully saturated rings. The molecule has 0 bridgehead atoms. The van der Waals surface area contributed by atoms with Crippen molar-refractivity contribution in [2.75, 3.05) is 0 Å². The molecule has 10 nitrogen and oxygen atoms in total. The number of aliphatic hydroxyl groups excluding tert-OH is 4. The van der Waals surface area contributed by atoms with Gasteiger partial charge in [-0.15, -0.1) is 0 Å². The Hall–Kier alpha value is -1.62. The molecule has 0 saturated heterocycles. The van der Waals surface area contributed by atoms with Crippen LogP contribution in [0, 0.1) is 0 Å². The Morgan fingerprint density at radius 1 is 0.611 bits per heavy atom. The first-order chi connectivity index (χ1) is 8.25. The summed E-state index contributed by atoms with van der Waals surface area (Å²) in [6, 6.07) is -2.47. The largest absolute Gasteiger partial charge is 0.388 e. The number of guanidine groups is 2. The molecule has 6 atom stereocenters. The third-order valence-corrected chi connectivity index (χ3v) is 2.70. The van der Waals surface area contributed by atoms with Crippen LogP contribution in [0.25, 0.3) is 0 Å². The van der Waals surface area contributed by atoms with Crippen molar-refractivity contribution in [3.8, 4) is 0 Å². The summed E-state index contributed by atoms with van der Waals surface area (Å²) >= 11 is 0. The van der Waals surface area contributed by atoms with Crippen molar-refractivity contribution in [1.82, 2.24) is 0 Å². The van der Waals surface area contributed by atoms with E-state index in [1.807, 2.05) is 0 Å². The SMILES string of the molecule is NC(N)=NC1C(O)[C@H](N=C(N)N)[C@@H](O)C(O)[C@H]1O. The number of nitrogens with two attached hydrogens (primary N) is 4. The van der Waals surface area contributed by atoms with Crippen LogP contribution < -0.4 is 22.9 Å². The first-order valence-corrected chi connectivity index (χ1v) is 5.15. The lowest BCUT2D eigenvalue weighted by molar-refractivity contribution is -0.136. The molecule has 1 rings (SSSR count). The van der Waals surface area contributed by atoms with Crippen molar-refractivity contribution in [3.63, 3.8) is 0 Å². The predicted octanol–water partition coefficient (Wildman–Crippen LogP) is -5.27. The van der Waals surface area contributed by atoms with Gasteiger partial charge in [-0.05, 0) is 0 Å². The average molecular weight is 262 g/mol. The van der Waals surface area contributed by atoms with Crippen molar-refractivity contribution < 1.29 is 20.4 Å². The van der Waals surface area contributed by atoms with Gasteiger partial charge in [0.25, 0.3) is 0 Å². The number of nitrogens with zero attached hydrogens (tertiary/aromatic N) is 2. The fraction of sp³-hybridized carbons (Fsp3) is 0.750. The van der Waals surface area contributed by atoms with Gasteiger partial charge in [0.05, 0.1) is 0 Å². The molecule has 10 heteroatoms. The van der Waals surface area contributed by atoms with Gasteiger partial charge >= 0.3 is 0 Å². The second-order valence-corrected chi connectivity index (χ2v) is 4.05. The monoisotopic (exact) mass is 262 g/mol. The highest BCUT2D eigenvalue weighted by Gasteiger charge is 2.49. The van der Waals surface area contributed by atoms with E-state index in [2.05, 4.69) is 9.98 Å². The minimum atomic E-state index is -1.59. The number of rotatable bonds is 2. The van der Waals surface area contributed by atoms with Crippen LogP contribution in [0.2, 0.25) is 0 Å². The zero-order chi connectivity index (χ0) is 14.0. The van der Waals surface area contributed by atoms with Crippen LogP contribution in [0.15, 0.2) is 9.98 Å². The van der Waals surface area contributed by atoms with E-state index in [9.17, 15) is 20.4 Å². The van der Waals surface area contributed by atoms with E-state index >= 15 is 0 Å². The van der Waals surface area contributed by atoms with Gasteiger partial charge in [0, 0.05) is 0 Å². The first kappa shape index (κ1) is 14.4.